The van der Waals surface area contributed by atoms with Crippen LogP contribution in [0.3, 0.4) is 0 Å². The molecule has 2 aliphatic heterocycles. The fourth-order valence-corrected chi connectivity index (χ4v) is 6.66. The third kappa shape index (κ3) is 12.1. The molecule has 1 fully saturated rings. The Labute approximate surface area is 304 Å². The SMILES string of the molecule is COCCCN1CCOc2ccc(CO[C@H]3CN(C(=O)[C@@H](N)C(C)C)C[C@@H](OC[C@@H](O)COC)[C@@H]3c3ccc(COC[C@@H](C)COC)cc3)cc21. The van der Waals surface area contributed by atoms with E-state index in [0.717, 1.165) is 47.6 Å². The molecule has 1 saturated heterocycles. The Morgan fingerprint density at radius 1 is 0.902 bits per heavy atom. The fourth-order valence-electron chi connectivity index (χ4n) is 6.66. The molecule has 2 aromatic rings. The largest absolute Gasteiger partial charge is 0.490 e. The minimum absolute atomic E-state index is 0.0331. The molecule has 12 heteroatoms. The van der Waals surface area contributed by atoms with Crippen LogP contribution in [0.15, 0.2) is 42.5 Å². The maximum absolute atomic E-state index is 13.7. The Bertz CT molecular complexity index is 1310. The first-order chi connectivity index (χ1) is 24.6. The number of amides is 1. The number of piperidine rings is 1. The third-order valence-corrected chi connectivity index (χ3v) is 9.49. The number of anilines is 1. The van der Waals surface area contributed by atoms with Gasteiger partial charge in [0.15, 0.2) is 0 Å². The zero-order valence-corrected chi connectivity index (χ0v) is 31.5. The van der Waals surface area contributed by atoms with Crippen LogP contribution in [-0.4, -0.2) is 127 Å². The van der Waals surface area contributed by atoms with Gasteiger partial charge in [0.25, 0.3) is 0 Å². The van der Waals surface area contributed by atoms with Crippen LogP contribution in [0.4, 0.5) is 5.69 Å². The number of carbonyl (C=O) groups excluding carboxylic acids is 1. The smallest absolute Gasteiger partial charge is 0.239 e. The number of ether oxygens (including phenoxy) is 7. The maximum atomic E-state index is 13.7. The van der Waals surface area contributed by atoms with Gasteiger partial charge in [-0.15, -0.1) is 0 Å². The number of fused-ring (bicyclic) bond motifs is 1. The Morgan fingerprint density at radius 2 is 1.61 bits per heavy atom. The molecule has 0 unspecified atom stereocenters. The molecule has 0 spiro atoms. The Kier molecular flexibility index (Phi) is 16.9. The lowest BCUT2D eigenvalue weighted by Gasteiger charge is -2.44. The minimum atomic E-state index is -0.816. The summed E-state index contributed by atoms with van der Waals surface area (Å²) in [4.78, 5) is 17.8. The van der Waals surface area contributed by atoms with Gasteiger partial charge in [-0.1, -0.05) is 51.1 Å². The van der Waals surface area contributed by atoms with E-state index in [1.54, 1.807) is 26.2 Å². The van der Waals surface area contributed by atoms with Gasteiger partial charge >= 0.3 is 0 Å². The Morgan fingerprint density at radius 3 is 2.29 bits per heavy atom. The van der Waals surface area contributed by atoms with Crippen molar-refractivity contribution < 1.29 is 43.1 Å². The summed E-state index contributed by atoms with van der Waals surface area (Å²) in [6.07, 6.45) is -0.790. The molecule has 12 nitrogen and oxygen atoms in total. The quantitative estimate of drug-likeness (QED) is 0.184. The molecular weight excluding hydrogens is 654 g/mol. The lowest BCUT2D eigenvalue weighted by molar-refractivity contribution is -0.150. The van der Waals surface area contributed by atoms with Gasteiger partial charge in [-0.3, -0.25) is 4.79 Å². The fraction of sp³-hybridized carbons (Fsp3) is 0.667. The van der Waals surface area contributed by atoms with Crippen molar-refractivity contribution in [1.29, 1.82) is 0 Å². The highest BCUT2D eigenvalue weighted by atomic mass is 16.5. The van der Waals surface area contributed by atoms with Crippen molar-refractivity contribution >= 4 is 11.6 Å². The number of hydrogen-bond acceptors (Lipinski definition) is 11. The van der Waals surface area contributed by atoms with Crippen molar-refractivity contribution in [1.82, 2.24) is 4.90 Å². The van der Waals surface area contributed by atoms with Crippen molar-refractivity contribution in [3.8, 4) is 5.75 Å². The van der Waals surface area contributed by atoms with Gasteiger partial charge in [0.1, 0.15) is 18.5 Å². The highest BCUT2D eigenvalue weighted by Crippen LogP contribution is 2.36. The molecule has 0 bridgehead atoms. The molecule has 6 atom stereocenters. The molecule has 51 heavy (non-hydrogen) atoms. The predicted molar refractivity (Wildman–Crippen MR) is 196 cm³/mol. The van der Waals surface area contributed by atoms with Crippen LogP contribution in [0, 0.1) is 11.8 Å². The van der Waals surface area contributed by atoms with Gasteiger partial charge in [-0.25, -0.2) is 0 Å². The van der Waals surface area contributed by atoms with Gasteiger partial charge in [-0.2, -0.15) is 0 Å². The van der Waals surface area contributed by atoms with Gasteiger partial charge in [0, 0.05) is 59.4 Å². The van der Waals surface area contributed by atoms with Crippen molar-refractivity contribution in [3.05, 3.63) is 59.2 Å². The monoisotopic (exact) mass is 715 g/mol. The lowest BCUT2D eigenvalue weighted by Crippen LogP contribution is -2.58. The highest BCUT2D eigenvalue weighted by molar-refractivity contribution is 5.82. The molecule has 0 aromatic heterocycles. The third-order valence-electron chi connectivity index (χ3n) is 9.49. The highest BCUT2D eigenvalue weighted by Gasteiger charge is 2.42. The second-order valence-corrected chi connectivity index (χ2v) is 14.2. The van der Waals surface area contributed by atoms with Crippen LogP contribution in [0.5, 0.6) is 5.75 Å². The summed E-state index contributed by atoms with van der Waals surface area (Å²) in [6, 6.07) is 13.8. The van der Waals surface area contributed by atoms with E-state index in [1.807, 2.05) is 26.0 Å². The molecule has 2 heterocycles. The van der Waals surface area contributed by atoms with Crippen molar-refractivity contribution in [3.63, 3.8) is 0 Å². The van der Waals surface area contributed by atoms with E-state index in [0.29, 0.717) is 58.6 Å². The second-order valence-electron chi connectivity index (χ2n) is 14.2. The average molecular weight is 716 g/mol. The summed E-state index contributed by atoms with van der Waals surface area (Å²) < 4.78 is 40.8. The zero-order chi connectivity index (χ0) is 36.8. The Hall–Kier alpha value is -2.81. The van der Waals surface area contributed by atoms with Crippen molar-refractivity contribution in [2.45, 2.75) is 70.7 Å². The van der Waals surface area contributed by atoms with Gasteiger partial charge in [0.05, 0.1) is 70.1 Å². The van der Waals surface area contributed by atoms with E-state index in [4.69, 9.17) is 38.9 Å². The number of carbonyl (C=O) groups is 1. The molecule has 286 valence electrons. The minimum Gasteiger partial charge on any atom is -0.490 e. The molecule has 2 aromatic carbocycles. The molecular formula is C39H61N3O9. The topological polar surface area (TPSA) is 134 Å². The maximum Gasteiger partial charge on any atom is 0.239 e. The molecule has 0 radical (unpaired) electrons. The number of hydrogen-bond donors (Lipinski definition) is 2. The van der Waals surface area contributed by atoms with E-state index in [1.165, 1.54) is 0 Å². The first-order valence-electron chi connectivity index (χ1n) is 18.2. The molecule has 3 N–H and O–H groups in total. The number of aliphatic hydroxyl groups is 1. The van der Waals surface area contributed by atoms with Crippen molar-refractivity contribution in [2.24, 2.45) is 17.6 Å². The number of likely N-dealkylation sites (tertiary alicyclic amines) is 1. The lowest BCUT2D eigenvalue weighted by atomic mass is 9.83. The molecule has 2 aliphatic rings. The van der Waals surface area contributed by atoms with Crippen LogP contribution < -0.4 is 15.4 Å². The summed E-state index contributed by atoms with van der Waals surface area (Å²) in [5, 5.41) is 10.5. The molecule has 0 aliphatic carbocycles. The number of methoxy groups -OCH3 is 3. The average Bonchev–Trinajstić information content (AvgIpc) is 3.13. The summed E-state index contributed by atoms with van der Waals surface area (Å²) in [5.41, 5.74) is 10.5. The summed E-state index contributed by atoms with van der Waals surface area (Å²) in [5.74, 6) is 0.752. The molecule has 4 rings (SSSR count). The standard InChI is InChI=1S/C39H61N3O9/c1-27(2)38(40)39(44)42-19-35(50-24-30-10-13-34-33(18-30)41(15-17-49-34)14-7-16-45-4)37(36(20-42)51-26-32(43)25-47-6)31-11-8-29(9-12-31)23-48-22-28(3)21-46-5/h8-13,18,27-28,32,35-38,43H,7,14-17,19-26,40H2,1-6H3/t28-,32-,35-,36+,37+,38-/m0/s1. The van der Waals surface area contributed by atoms with Gasteiger partial charge in [0.2, 0.25) is 5.91 Å². The zero-order valence-electron chi connectivity index (χ0n) is 31.5. The van der Waals surface area contributed by atoms with Crippen LogP contribution >= 0.6 is 0 Å². The van der Waals surface area contributed by atoms with E-state index in [9.17, 15) is 9.90 Å². The molecule has 1 amide bonds. The van der Waals surface area contributed by atoms with E-state index in [2.05, 4.69) is 42.2 Å². The summed E-state index contributed by atoms with van der Waals surface area (Å²) in [6.45, 7) is 11.9. The second kappa shape index (κ2) is 21.0. The number of benzene rings is 2. The van der Waals surface area contributed by atoms with E-state index < -0.39 is 24.4 Å². The van der Waals surface area contributed by atoms with Crippen molar-refractivity contribution in [2.75, 3.05) is 92.0 Å². The van der Waals surface area contributed by atoms with Gasteiger partial charge < -0.3 is 53.8 Å². The van der Waals surface area contributed by atoms with Crippen LogP contribution in [0.2, 0.25) is 0 Å². The Balaban J connectivity index is 1.60. The first-order valence-corrected chi connectivity index (χ1v) is 18.2. The van der Waals surface area contributed by atoms with Gasteiger partial charge in [-0.05, 0) is 41.2 Å². The summed E-state index contributed by atoms with van der Waals surface area (Å²) >= 11 is 0. The normalized spacial score (nSPS) is 20.9. The first kappa shape index (κ1) is 41.0. The number of rotatable bonds is 21. The number of nitrogens with zero attached hydrogens (tertiary/aromatic N) is 2. The van der Waals surface area contributed by atoms with E-state index in [-0.39, 0.29) is 31.0 Å². The van der Waals surface area contributed by atoms with Crippen LogP contribution in [-0.2, 0) is 46.4 Å². The van der Waals surface area contributed by atoms with Crippen LogP contribution in [0.1, 0.15) is 49.8 Å². The number of nitrogens with two attached hydrogens (primary N) is 1. The summed E-state index contributed by atoms with van der Waals surface area (Å²) in [7, 11) is 4.96. The van der Waals surface area contributed by atoms with E-state index >= 15 is 0 Å². The predicted octanol–water partition coefficient (Wildman–Crippen LogP) is 3.61. The molecule has 0 saturated carbocycles. The van der Waals surface area contributed by atoms with Crippen LogP contribution in [0.25, 0.3) is 0 Å². The number of aliphatic hydroxyl groups excluding tert-OH is 1.